The lowest BCUT2D eigenvalue weighted by Gasteiger charge is -2.13. The minimum absolute atomic E-state index is 0.493. The van der Waals surface area contributed by atoms with Crippen molar-refractivity contribution < 1.29 is 4.74 Å². The first kappa shape index (κ1) is 11.9. The van der Waals surface area contributed by atoms with Gasteiger partial charge in [0.2, 0.25) is 0 Å². The maximum absolute atomic E-state index is 5.13. The van der Waals surface area contributed by atoms with Gasteiger partial charge in [0, 0.05) is 30.9 Å². The van der Waals surface area contributed by atoms with Gasteiger partial charge in [0.05, 0.1) is 12.1 Å². The summed E-state index contributed by atoms with van der Waals surface area (Å²) in [7, 11) is 1.73. The van der Waals surface area contributed by atoms with E-state index in [4.69, 9.17) is 4.74 Å². The largest absolute Gasteiger partial charge is 0.384 e. The second-order valence-electron chi connectivity index (χ2n) is 4.32. The molecule has 0 aliphatic carbocycles. The zero-order valence-corrected chi connectivity index (χ0v) is 10.3. The van der Waals surface area contributed by atoms with Gasteiger partial charge < -0.3 is 10.1 Å². The Labute approximate surface area is 102 Å². The highest BCUT2D eigenvalue weighted by atomic mass is 16.5. The second kappa shape index (κ2) is 5.64. The maximum atomic E-state index is 5.13. The topological polar surface area (TPSA) is 34.1 Å². The molecule has 17 heavy (non-hydrogen) atoms. The molecule has 0 saturated heterocycles. The molecular weight excluding hydrogens is 212 g/mol. The lowest BCUT2D eigenvalue weighted by molar-refractivity contribution is 0.164. The van der Waals surface area contributed by atoms with Crippen molar-refractivity contribution in [1.29, 1.82) is 0 Å². The molecule has 0 aliphatic rings. The van der Waals surface area contributed by atoms with E-state index in [0.29, 0.717) is 5.92 Å². The van der Waals surface area contributed by atoms with E-state index in [-0.39, 0.29) is 0 Å². The summed E-state index contributed by atoms with van der Waals surface area (Å²) in [6, 6.07) is 10.2. The molecule has 0 aliphatic heterocycles. The molecule has 90 valence electrons. The van der Waals surface area contributed by atoms with Crippen LogP contribution in [0.2, 0.25) is 0 Å². The number of hydrogen-bond acceptors (Lipinski definition) is 3. The molecule has 0 radical (unpaired) electrons. The third-order valence-corrected chi connectivity index (χ3v) is 2.74. The summed E-state index contributed by atoms with van der Waals surface area (Å²) < 4.78 is 5.13. The van der Waals surface area contributed by atoms with Crippen molar-refractivity contribution in [3.8, 4) is 0 Å². The summed E-state index contributed by atoms with van der Waals surface area (Å²) in [6.45, 7) is 3.84. The fraction of sp³-hybridized carbons (Fsp3) is 0.357. The highest BCUT2D eigenvalue weighted by molar-refractivity contribution is 5.90. The maximum Gasteiger partial charge on any atom is 0.0722 e. The Kier molecular flexibility index (Phi) is 3.94. The molecule has 1 N–H and O–H groups in total. The van der Waals surface area contributed by atoms with E-state index in [1.54, 1.807) is 7.11 Å². The number of hydrogen-bond donors (Lipinski definition) is 1. The first-order valence-corrected chi connectivity index (χ1v) is 5.88. The SMILES string of the molecule is COCC(C)CNc1ccnc2ccccc12. The van der Waals surface area contributed by atoms with Gasteiger partial charge >= 0.3 is 0 Å². The first-order valence-electron chi connectivity index (χ1n) is 5.88. The monoisotopic (exact) mass is 230 g/mol. The fourth-order valence-corrected chi connectivity index (χ4v) is 1.88. The number of aromatic nitrogens is 1. The fourth-order valence-electron chi connectivity index (χ4n) is 1.88. The Balaban J connectivity index is 2.13. The van der Waals surface area contributed by atoms with E-state index in [9.17, 15) is 0 Å². The molecule has 2 aromatic rings. The summed E-state index contributed by atoms with van der Waals surface area (Å²) in [5.41, 5.74) is 2.16. The number of ether oxygens (including phenoxy) is 1. The molecule has 0 fully saturated rings. The van der Waals surface area contributed by atoms with Crippen molar-refractivity contribution in [2.45, 2.75) is 6.92 Å². The average Bonchev–Trinajstić information content (AvgIpc) is 2.36. The molecule has 0 saturated carbocycles. The van der Waals surface area contributed by atoms with E-state index in [1.807, 2.05) is 30.5 Å². The van der Waals surface area contributed by atoms with Crippen molar-refractivity contribution in [3.63, 3.8) is 0 Å². The van der Waals surface area contributed by atoms with Crippen molar-refractivity contribution in [3.05, 3.63) is 36.5 Å². The molecular formula is C14H18N2O. The minimum Gasteiger partial charge on any atom is -0.384 e. The van der Waals surface area contributed by atoms with Gasteiger partial charge in [-0.1, -0.05) is 25.1 Å². The van der Waals surface area contributed by atoms with Crippen LogP contribution in [0.4, 0.5) is 5.69 Å². The van der Waals surface area contributed by atoms with E-state index in [0.717, 1.165) is 24.4 Å². The number of nitrogens with one attached hydrogen (secondary N) is 1. The van der Waals surface area contributed by atoms with E-state index >= 15 is 0 Å². The summed E-state index contributed by atoms with van der Waals surface area (Å²) >= 11 is 0. The lowest BCUT2D eigenvalue weighted by atomic mass is 10.1. The summed E-state index contributed by atoms with van der Waals surface area (Å²) in [5, 5.41) is 4.62. The van der Waals surface area contributed by atoms with Crippen LogP contribution in [0.1, 0.15) is 6.92 Å². The Bertz CT molecular complexity index is 479. The number of pyridine rings is 1. The van der Waals surface area contributed by atoms with E-state index < -0.39 is 0 Å². The minimum atomic E-state index is 0.493. The zero-order chi connectivity index (χ0) is 12.1. The third-order valence-electron chi connectivity index (χ3n) is 2.74. The van der Waals surface area contributed by atoms with Gasteiger partial charge in [0.15, 0.2) is 0 Å². The van der Waals surface area contributed by atoms with Gasteiger partial charge in [0.25, 0.3) is 0 Å². The number of para-hydroxylation sites is 1. The molecule has 1 atom stereocenters. The summed E-state index contributed by atoms with van der Waals surface area (Å²) in [5.74, 6) is 0.493. The normalized spacial score (nSPS) is 12.6. The van der Waals surface area contributed by atoms with Crippen molar-refractivity contribution in [2.75, 3.05) is 25.6 Å². The van der Waals surface area contributed by atoms with Gasteiger partial charge in [-0.2, -0.15) is 0 Å². The van der Waals surface area contributed by atoms with Gasteiger partial charge in [-0.05, 0) is 18.1 Å². The molecule has 0 spiro atoms. The molecule has 1 aromatic carbocycles. The van der Waals surface area contributed by atoms with Crippen LogP contribution in [0.25, 0.3) is 10.9 Å². The van der Waals surface area contributed by atoms with Crippen LogP contribution < -0.4 is 5.32 Å². The highest BCUT2D eigenvalue weighted by Crippen LogP contribution is 2.20. The molecule has 2 rings (SSSR count). The Morgan fingerprint density at radius 1 is 1.29 bits per heavy atom. The summed E-state index contributed by atoms with van der Waals surface area (Å²) in [4.78, 5) is 4.34. The molecule has 1 heterocycles. The predicted octanol–water partition coefficient (Wildman–Crippen LogP) is 2.93. The number of fused-ring (bicyclic) bond motifs is 1. The first-order chi connectivity index (χ1) is 8.31. The highest BCUT2D eigenvalue weighted by Gasteiger charge is 2.03. The van der Waals surface area contributed by atoms with Crippen LogP contribution in [-0.2, 0) is 4.74 Å². The Morgan fingerprint density at radius 2 is 2.12 bits per heavy atom. The van der Waals surface area contributed by atoms with Crippen LogP contribution in [0.15, 0.2) is 36.5 Å². The molecule has 1 unspecified atom stereocenters. The number of anilines is 1. The van der Waals surface area contributed by atoms with Gasteiger partial charge in [-0.3, -0.25) is 4.98 Å². The third kappa shape index (κ3) is 2.94. The van der Waals surface area contributed by atoms with E-state index in [1.165, 1.54) is 5.39 Å². The molecule has 0 bridgehead atoms. The number of nitrogens with zero attached hydrogens (tertiary/aromatic N) is 1. The van der Waals surface area contributed by atoms with Crippen molar-refractivity contribution in [1.82, 2.24) is 4.98 Å². The van der Waals surface area contributed by atoms with Crippen molar-refractivity contribution in [2.24, 2.45) is 5.92 Å². The number of methoxy groups -OCH3 is 1. The Morgan fingerprint density at radius 3 is 2.94 bits per heavy atom. The van der Waals surface area contributed by atoms with Crippen LogP contribution in [0.3, 0.4) is 0 Å². The van der Waals surface area contributed by atoms with Crippen molar-refractivity contribution >= 4 is 16.6 Å². The molecule has 3 nitrogen and oxygen atoms in total. The van der Waals surface area contributed by atoms with E-state index in [2.05, 4.69) is 23.3 Å². The zero-order valence-electron chi connectivity index (χ0n) is 10.3. The van der Waals surface area contributed by atoms with Crippen LogP contribution in [0, 0.1) is 5.92 Å². The number of benzene rings is 1. The quantitative estimate of drug-likeness (QED) is 0.857. The van der Waals surface area contributed by atoms with Crippen LogP contribution in [0.5, 0.6) is 0 Å². The van der Waals surface area contributed by atoms with Gasteiger partial charge in [-0.15, -0.1) is 0 Å². The predicted molar refractivity (Wildman–Crippen MR) is 71.3 cm³/mol. The Hall–Kier alpha value is -1.61. The van der Waals surface area contributed by atoms with Gasteiger partial charge in [-0.25, -0.2) is 0 Å². The second-order valence-corrected chi connectivity index (χ2v) is 4.32. The summed E-state index contributed by atoms with van der Waals surface area (Å²) in [6.07, 6.45) is 1.84. The van der Waals surface area contributed by atoms with Crippen LogP contribution >= 0.6 is 0 Å². The molecule has 0 amide bonds. The average molecular weight is 230 g/mol. The lowest BCUT2D eigenvalue weighted by Crippen LogP contribution is -2.15. The smallest absolute Gasteiger partial charge is 0.0722 e. The molecule has 3 heteroatoms. The van der Waals surface area contributed by atoms with Gasteiger partial charge in [0.1, 0.15) is 0 Å². The standard InChI is InChI=1S/C14H18N2O/c1-11(10-17-2)9-16-14-7-8-15-13-6-4-3-5-12(13)14/h3-8,11H,9-10H2,1-2H3,(H,15,16). The molecule has 1 aromatic heterocycles. The number of rotatable bonds is 5. The van der Waals surface area contributed by atoms with Crippen LogP contribution in [-0.4, -0.2) is 25.2 Å².